The van der Waals surface area contributed by atoms with E-state index >= 15 is 0 Å². The van der Waals surface area contributed by atoms with E-state index < -0.39 is 35.9 Å². The summed E-state index contributed by atoms with van der Waals surface area (Å²) in [5, 5.41) is 29.8. The van der Waals surface area contributed by atoms with Gasteiger partial charge in [-0.25, -0.2) is 9.59 Å². The number of morpholine rings is 1. The number of rotatable bonds is 4. The van der Waals surface area contributed by atoms with Crippen LogP contribution in [0.15, 0.2) is 0 Å². The number of aliphatic hydroxyl groups is 2. The molecule has 1 fully saturated rings. The van der Waals surface area contributed by atoms with Crippen molar-refractivity contribution in [2.24, 2.45) is 0 Å². The van der Waals surface area contributed by atoms with E-state index in [-0.39, 0.29) is 13.2 Å². The maximum Gasteiger partial charge on any atom is 0.337 e. The lowest BCUT2D eigenvalue weighted by atomic mass is 10.1. The molecule has 1 rings (SSSR count). The smallest absolute Gasteiger partial charge is 0.337 e. The fraction of sp³-hybridized carbons (Fsp3) is 0.833. The zero-order valence-electron chi connectivity index (χ0n) is 11.9. The fourth-order valence-electron chi connectivity index (χ4n) is 1.98. The van der Waals surface area contributed by atoms with Crippen molar-refractivity contribution in [1.82, 2.24) is 10.2 Å². The summed E-state index contributed by atoms with van der Waals surface area (Å²) in [5.41, 5.74) is -2.62. The van der Waals surface area contributed by atoms with Crippen LogP contribution in [-0.4, -0.2) is 75.8 Å². The van der Waals surface area contributed by atoms with Crippen molar-refractivity contribution in [1.29, 1.82) is 0 Å². The summed E-state index contributed by atoms with van der Waals surface area (Å²) in [6, 6.07) is -0.499. The summed E-state index contributed by atoms with van der Waals surface area (Å²) in [4.78, 5) is 24.2. The van der Waals surface area contributed by atoms with Gasteiger partial charge in [0.1, 0.15) is 0 Å². The van der Waals surface area contributed by atoms with Gasteiger partial charge in [-0.3, -0.25) is 0 Å². The third-order valence-corrected chi connectivity index (χ3v) is 3.02. The van der Waals surface area contributed by atoms with Crippen molar-refractivity contribution in [2.45, 2.75) is 38.1 Å². The number of amides is 2. The normalized spacial score (nSPS) is 24.9. The van der Waals surface area contributed by atoms with Crippen LogP contribution in [0.2, 0.25) is 0 Å². The average Bonchev–Trinajstić information content (AvgIpc) is 2.33. The number of carboxylic acid groups (broad SMARTS) is 1. The maximum atomic E-state index is 12.0. The van der Waals surface area contributed by atoms with Crippen molar-refractivity contribution < 1.29 is 29.6 Å². The molecule has 8 heteroatoms. The van der Waals surface area contributed by atoms with E-state index in [1.54, 1.807) is 13.8 Å². The molecule has 1 saturated heterocycles. The number of hydrogen-bond donors (Lipinski definition) is 4. The number of carbonyl (C=O) groups excluding carboxylic acids is 1. The Kier molecular flexibility index (Phi) is 4.95. The number of carboxylic acids is 1. The number of aliphatic hydroxyl groups excluding tert-OH is 1. The topological polar surface area (TPSA) is 119 Å². The zero-order chi connectivity index (χ0) is 15.6. The summed E-state index contributed by atoms with van der Waals surface area (Å²) in [6.07, 6.45) is -0.482. The first-order valence-electron chi connectivity index (χ1n) is 6.34. The number of hydrogen-bond acceptors (Lipinski definition) is 5. The second kappa shape index (κ2) is 5.94. The van der Waals surface area contributed by atoms with Crippen molar-refractivity contribution in [3.63, 3.8) is 0 Å². The Morgan fingerprint density at radius 2 is 2.10 bits per heavy atom. The Bertz CT molecular complexity index is 382. The summed E-state index contributed by atoms with van der Waals surface area (Å²) in [6.45, 7) is 4.61. The Hall–Kier alpha value is -1.38. The molecule has 0 aromatic heterocycles. The highest BCUT2D eigenvalue weighted by atomic mass is 16.5. The molecule has 4 N–H and O–H groups in total. The molecule has 8 nitrogen and oxygen atoms in total. The first kappa shape index (κ1) is 16.7. The maximum absolute atomic E-state index is 12.0. The monoisotopic (exact) mass is 290 g/mol. The van der Waals surface area contributed by atoms with E-state index in [0.29, 0.717) is 6.54 Å². The van der Waals surface area contributed by atoms with Crippen molar-refractivity contribution >= 4 is 12.0 Å². The van der Waals surface area contributed by atoms with Gasteiger partial charge in [-0.15, -0.1) is 0 Å². The minimum absolute atomic E-state index is 0.208. The molecular formula is C12H22N2O6. The van der Waals surface area contributed by atoms with Crippen molar-refractivity contribution in [3.8, 4) is 0 Å². The molecule has 2 amide bonds. The minimum Gasteiger partial charge on any atom is -0.479 e. The van der Waals surface area contributed by atoms with Gasteiger partial charge in [0.05, 0.1) is 37.9 Å². The predicted octanol–water partition coefficient (Wildman–Crippen LogP) is -0.997. The lowest BCUT2D eigenvalue weighted by molar-refractivity contribution is -0.156. The molecule has 2 unspecified atom stereocenters. The largest absolute Gasteiger partial charge is 0.479 e. The molecule has 0 saturated carbocycles. The molecule has 0 radical (unpaired) electrons. The molecule has 0 aromatic rings. The van der Waals surface area contributed by atoms with Crippen LogP contribution in [0, 0.1) is 0 Å². The van der Waals surface area contributed by atoms with Crippen molar-refractivity contribution in [2.75, 3.05) is 26.2 Å². The van der Waals surface area contributed by atoms with Crippen LogP contribution in [0.5, 0.6) is 0 Å². The Morgan fingerprint density at radius 3 is 2.60 bits per heavy atom. The second-order valence-corrected chi connectivity index (χ2v) is 5.80. The molecular weight excluding hydrogens is 268 g/mol. The highest BCUT2D eigenvalue weighted by Gasteiger charge is 2.36. The summed E-state index contributed by atoms with van der Waals surface area (Å²) < 4.78 is 5.57. The van der Waals surface area contributed by atoms with Crippen LogP contribution in [0.1, 0.15) is 20.8 Å². The van der Waals surface area contributed by atoms with Crippen LogP contribution >= 0.6 is 0 Å². The zero-order valence-corrected chi connectivity index (χ0v) is 11.9. The number of ether oxygens (including phenoxy) is 1. The molecule has 20 heavy (non-hydrogen) atoms. The van der Waals surface area contributed by atoms with Gasteiger partial charge in [0.15, 0.2) is 5.60 Å². The third kappa shape index (κ3) is 4.32. The molecule has 0 aromatic carbocycles. The van der Waals surface area contributed by atoms with Gasteiger partial charge in [0.25, 0.3) is 0 Å². The molecule has 1 aliphatic rings. The summed E-state index contributed by atoms with van der Waals surface area (Å²) >= 11 is 0. The molecule has 116 valence electrons. The molecule has 1 heterocycles. The van der Waals surface area contributed by atoms with E-state index in [1.165, 1.54) is 4.90 Å². The van der Waals surface area contributed by atoms with E-state index in [0.717, 1.165) is 6.92 Å². The molecule has 0 spiro atoms. The lowest BCUT2D eigenvalue weighted by Gasteiger charge is -2.42. The van der Waals surface area contributed by atoms with Gasteiger partial charge >= 0.3 is 12.0 Å². The number of urea groups is 1. The van der Waals surface area contributed by atoms with Gasteiger partial charge in [-0.05, 0) is 20.8 Å². The number of carbonyl (C=O) groups is 2. The van der Waals surface area contributed by atoms with E-state index in [4.69, 9.17) is 14.9 Å². The molecule has 2 atom stereocenters. The predicted molar refractivity (Wildman–Crippen MR) is 69.3 cm³/mol. The summed E-state index contributed by atoms with van der Waals surface area (Å²) in [7, 11) is 0. The first-order chi connectivity index (χ1) is 9.07. The molecule has 0 aliphatic carbocycles. The van der Waals surface area contributed by atoms with Crippen LogP contribution in [-0.2, 0) is 9.53 Å². The number of nitrogens with zero attached hydrogens (tertiary/aromatic N) is 1. The molecule has 0 bridgehead atoms. The minimum atomic E-state index is -2.02. The SMILES string of the molecule is CC1(C)CN(C(=O)NCC(C)(O)C(=O)O)CC(CO)O1. The van der Waals surface area contributed by atoms with Gasteiger partial charge < -0.3 is 30.3 Å². The van der Waals surface area contributed by atoms with Gasteiger partial charge in [-0.1, -0.05) is 0 Å². The Balaban J connectivity index is 2.61. The van der Waals surface area contributed by atoms with E-state index in [1.807, 2.05) is 0 Å². The highest BCUT2D eigenvalue weighted by molar-refractivity contribution is 5.79. The number of aliphatic carboxylic acids is 1. The quantitative estimate of drug-likeness (QED) is 0.527. The standard InChI is InChI=1S/C12H22N2O6/c1-11(2)7-14(4-8(5-15)20-11)10(18)13-6-12(3,19)9(16)17/h8,15,19H,4-7H2,1-3H3,(H,13,18)(H,16,17). The van der Waals surface area contributed by atoms with E-state index in [2.05, 4.69) is 5.32 Å². The van der Waals surface area contributed by atoms with Crippen LogP contribution in [0.25, 0.3) is 0 Å². The van der Waals surface area contributed by atoms with Gasteiger partial charge in [0.2, 0.25) is 0 Å². The second-order valence-electron chi connectivity index (χ2n) is 5.80. The first-order valence-corrected chi connectivity index (χ1v) is 6.34. The van der Waals surface area contributed by atoms with Gasteiger partial charge in [0, 0.05) is 0 Å². The van der Waals surface area contributed by atoms with Gasteiger partial charge in [-0.2, -0.15) is 0 Å². The van der Waals surface area contributed by atoms with Crippen molar-refractivity contribution in [3.05, 3.63) is 0 Å². The highest BCUT2D eigenvalue weighted by Crippen LogP contribution is 2.20. The summed E-state index contributed by atoms with van der Waals surface area (Å²) in [5.74, 6) is -1.41. The third-order valence-electron chi connectivity index (χ3n) is 3.02. The van der Waals surface area contributed by atoms with Crippen LogP contribution < -0.4 is 5.32 Å². The number of nitrogens with one attached hydrogen (secondary N) is 1. The fourth-order valence-corrected chi connectivity index (χ4v) is 1.98. The lowest BCUT2D eigenvalue weighted by Crippen LogP contribution is -2.59. The van der Waals surface area contributed by atoms with Crippen LogP contribution in [0.3, 0.4) is 0 Å². The van der Waals surface area contributed by atoms with Crippen LogP contribution in [0.4, 0.5) is 4.79 Å². The Labute approximate surface area is 117 Å². The molecule has 1 aliphatic heterocycles. The Morgan fingerprint density at radius 1 is 1.50 bits per heavy atom. The average molecular weight is 290 g/mol. The van der Waals surface area contributed by atoms with E-state index in [9.17, 15) is 14.7 Å².